The van der Waals surface area contributed by atoms with Crippen LogP contribution in [0.2, 0.25) is 5.02 Å². The normalized spacial score (nSPS) is 11.6. The number of nitrogens with one attached hydrogen (secondary N) is 1. The Hall–Kier alpha value is -3.24. The first kappa shape index (κ1) is 21.0. The molecule has 0 bridgehead atoms. The lowest BCUT2D eigenvalue weighted by molar-refractivity contribution is -0.137. The molecule has 2 aromatic heterocycles. The minimum absolute atomic E-state index is 0.127. The van der Waals surface area contributed by atoms with Gasteiger partial charge in [0, 0.05) is 11.6 Å². The van der Waals surface area contributed by atoms with Crippen LogP contribution < -0.4 is 10.9 Å². The molecule has 5 nitrogen and oxygen atoms in total. The van der Waals surface area contributed by atoms with Crippen LogP contribution in [0.15, 0.2) is 58.8 Å². The summed E-state index contributed by atoms with van der Waals surface area (Å²) >= 11 is 7.04. The van der Waals surface area contributed by atoms with Gasteiger partial charge in [-0.25, -0.2) is 9.37 Å². The van der Waals surface area contributed by atoms with E-state index in [-0.39, 0.29) is 15.7 Å². The Labute approximate surface area is 180 Å². The Morgan fingerprint density at radius 3 is 2.52 bits per heavy atom. The number of rotatable bonds is 3. The highest BCUT2D eigenvalue weighted by Gasteiger charge is 2.31. The molecule has 0 saturated carbocycles. The van der Waals surface area contributed by atoms with Crippen molar-refractivity contribution in [2.75, 3.05) is 5.32 Å². The second-order valence-corrected chi connectivity index (χ2v) is 7.61. The summed E-state index contributed by atoms with van der Waals surface area (Å²) in [5.74, 6) is -1.42. The zero-order valence-corrected chi connectivity index (χ0v) is 16.8. The van der Waals surface area contributed by atoms with Crippen LogP contribution in [-0.2, 0) is 6.18 Å². The first-order valence-corrected chi connectivity index (χ1v) is 9.84. The molecule has 0 atom stereocenters. The maximum absolute atomic E-state index is 13.2. The van der Waals surface area contributed by atoms with Gasteiger partial charge in [0.1, 0.15) is 11.4 Å². The molecule has 0 spiro atoms. The van der Waals surface area contributed by atoms with Crippen LogP contribution >= 0.6 is 22.9 Å². The smallest absolute Gasteiger partial charge is 0.320 e. The van der Waals surface area contributed by atoms with E-state index in [1.165, 1.54) is 28.7 Å². The number of nitrogens with zero attached hydrogens (tertiary/aromatic N) is 2. The molecule has 4 rings (SSSR count). The lowest BCUT2D eigenvalue weighted by Gasteiger charge is -2.11. The molecule has 1 N–H and O–H groups in total. The van der Waals surface area contributed by atoms with Crippen molar-refractivity contribution in [2.24, 2.45) is 0 Å². The fourth-order valence-corrected chi connectivity index (χ4v) is 3.88. The molecule has 11 heteroatoms. The van der Waals surface area contributed by atoms with Gasteiger partial charge in [0.2, 0.25) is 0 Å². The molecule has 4 aromatic rings. The maximum atomic E-state index is 13.2. The fourth-order valence-electron chi connectivity index (χ4n) is 2.86. The first-order chi connectivity index (χ1) is 14.6. The molecule has 158 valence electrons. The van der Waals surface area contributed by atoms with Crippen LogP contribution in [0.25, 0.3) is 16.2 Å². The molecule has 1 amide bonds. The minimum Gasteiger partial charge on any atom is -0.320 e. The third-order valence-electron chi connectivity index (χ3n) is 4.37. The van der Waals surface area contributed by atoms with Crippen LogP contribution in [0.5, 0.6) is 0 Å². The summed E-state index contributed by atoms with van der Waals surface area (Å²) in [5, 5.41) is 3.73. The van der Waals surface area contributed by atoms with Crippen molar-refractivity contribution in [1.82, 2.24) is 9.38 Å². The minimum atomic E-state index is -4.63. The molecule has 2 heterocycles. The van der Waals surface area contributed by atoms with Gasteiger partial charge < -0.3 is 5.32 Å². The van der Waals surface area contributed by atoms with Crippen molar-refractivity contribution in [3.63, 3.8) is 0 Å². The highest BCUT2D eigenvalue weighted by molar-refractivity contribution is 7.15. The van der Waals surface area contributed by atoms with E-state index in [0.29, 0.717) is 17.3 Å². The molecule has 0 unspecified atom stereocenters. The van der Waals surface area contributed by atoms with Gasteiger partial charge in [-0.3, -0.25) is 14.0 Å². The number of carbonyl (C=O) groups excluding carboxylic acids is 1. The molecule has 2 aromatic carbocycles. The summed E-state index contributed by atoms with van der Waals surface area (Å²) in [6, 6.07) is 7.85. The standard InChI is InChI=1S/C20H10ClF4N3O2S/c21-14-6-3-11(20(23,24)25)7-15(14)27-17(29)13-8-26-19-28(18(13)30)16(9-31-19)10-1-4-12(22)5-2-10/h1-9H,(H,27,29). The molecule has 31 heavy (non-hydrogen) atoms. The number of amides is 1. The number of alkyl halides is 3. The van der Waals surface area contributed by atoms with E-state index in [2.05, 4.69) is 10.3 Å². The summed E-state index contributed by atoms with van der Waals surface area (Å²) in [6.07, 6.45) is -3.59. The Morgan fingerprint density at radius 1 is 1.13 bits per heavy atom. The highest BCUT2D eigenvalue weighted by atomic mass is 35.5. The number of halogens is 5. The molecular formula is C20H10ClF4N3O2S. The van der Waals surface area contributed by atoms with E-state index in [1.54, 1.807) is 5.38 Å². The van der Waals surface area contributed by atoms with Gasteiger partial charge in [0.25, 0.3) is 11.5 Å². The van der Waals surface area contributed by atoms with E-state index in [0.717, 1.165) is 29.7 Å². The van der Waals surface area contributed by atoms with E-state index < -0.39 is 34.6 Å². The number of hydrogen-bond acceptors (Lipinski definition) is 4. The Kier molecular flexibility index (Phi) is 5.28. The van der Waals surface area contributed by atoms with Crippen molar-refractivity contribution in [3.05, 3.63) is 86.4 Å². The van der Waals surface area contributed by atoms with Crippen LogP contribution in [0, 0.1) is 5.82 Å². The second-order valence-electron chi connectivity index (χ2n) is 6.37. The Balaban J connectivity index is 1.75. The molecule has 0 radical (unpaired) electrons. The van der Waals surface area contributed by atoms with Gasteiger partial charge in [-0.15, -0.1) is 11.3 Å². The lowest BCUT2D eigenvalue weighted by atomic mass is 10.1. The van der Waals surface area contributed by atoms with Gasteiger partial charge in [0.15, 0.2) is 4.96 Å². The average molecular weight is 468 g/mol. The quantitative estimate of drug-likeness (QED) is 0.405. The summed E-state index contributed by atoms with van der Waals surface area (Å²) in [6.45, 7) is 0. The third-order valence-corrected chi connectivity index (χ3v) is 5.54. The number of anilines is 1. The average Bonchev–Trinajstić information content (AvgIpc) is 3.14. The molecular weight excluding hydrogens is 458 g/mol. The van der Waals surface area contributed by atoms with E-state index >= 15 is 0 Å². The van der Waals surface area contributed by atoms with Crippen LogP contribution in [0.3, 0.4) is 0 Å². The van der Waals surface area contributed by atoms with Gasteiger partial charge >= 0.3 is 6.18 Å². The summed E-state index contributed by atoms with van der Waals surface area (Å²) in [4.78, 5) is 30.0. The van der Waals surface area contributed by atoms with Crippen LogP contribution in [-0.4, -0.2) is 15.3 Å². The number of hydrogen-bond donors (Lipinski definition) is 1. The summed E-state index contributed by atoms with van der Waals surface area (Å²) < 4.78 is 53.3. The number of aromatic nitrogens is 2. The lowest BCUT2D eigenvalue weighted by Crippen LogP contribution is -2.26. The van der Waals surface area contributed by atoms with Gasteiger partial charge in [-0.2, -0.15) is 13.2 Å². The van der Waals surface area contributed by atoms with Gasteiger partial charge in [-0.1, -0.05) is 11.6 Å². The Bertz CT molecular complexity index is 1360. The molecule has 0 aliphatic heterocycles. The SMILES string of the molecule is O=C(Nc1cc(C(F)(F)F)ccc1Cl)c1cnc2scc(-c3ccc(F)cc3)n2c1=O. The Morgan fingerprint density at radius 2 is 1.84 bits per heavy atom. The van der Waals surface area contributed by atoms with E-state index in [1.807, 2.05) is 0 Å². The number of fused-ring (bicyclic) bond motifs is 1. The monoisotopic (exact) mass is 467 g/mol. The first-order valence-electron chi connectivity index (χ1n) is 8.58. The van der Waals surface area contributed by atoms with Crippen LogP contribution in [0.4, 0.5) is 23.2 Å². The van der Waals surface area contributed by atoms with Crippen molar-refractivity contribution in [3.8, 4) is 11.3 Å². The molecule has 0 saturated heterocycles. The van der Waals surface area contributed by atoms with Crippen molar-refractivity contribution in [1.29, 1.82) is 0 Å². The number of benzene rings is 2. The molecule has 0 aliphatic carbocycles. The fraction of sp³-hybridized carbons (Fsp3) is 0.0500. The van der Waals surface area contributed by atoms with Crippen LogP contribution in [0.1, 0.15) is 15.9 Å². The highest BCUT2D eigenvalue weighted by Crippen LogP contribution is 2.34. The topological polar surface area (TPSA) is 63.5 Å². The largest absolute Gasteiger partial charge is 0.416 e. The summed E-state index contributed by atoms with van der Waals surface area (Å²) in [7, 11) is 0. The second kappa shape index (κ2) is 7.78. The van der Waals surface area contributed by atoms with Crippen molar-refractivity contribution >= 4 is 39.5 Å². The van der Waals surface area contributed by atoms with Gasteiger partial charge in [-0.05, 0) is 48.0 Å². The predicted octanol–water partition coefficient (Wildman–Crippen LogP) is 5.49. The molecule has 0 aliphatic rings. The third kappa shape index (κ3) is 4.04. The number of thiazole rings is 1. The van der Waals surface area contributed by atoms with Crippen molar-refractivity contribution < 1.29 is 22.4 Å². The molecule has 0 fully saturated rings. The zero-order chi connectivity index (χ0) is 22.3. The van der Waals surface area contributed by atoms with E-state index in [9.17, 15) is 27.2 Å². The zero-order valence-electron chi connectivity index (χ0n) is 15.2. The van der Waals surface area contributed by atoms with Crippen molar-refractivity contribution in [2.45, 2.75) is 6.18 Å². The van der Waals surface area contributed by atoms with E-state index in [4.69, 9.17) is 11.6 Å². The number of carbonyl (C=O) groups is 1. The van der Waals surface area contributed by atoms with Gasteiger partial charge in [0.05, 0.1) is 22.0 Å². The maximum Gasteiger partial charge on any atom is 0.416 e. The predicted molar refractivity (Wildman–Crippen MR) is 109 cm³/mol. The summed E-state index contributed by atoms with van der Waals surface area (Å²) in [5.41, 5.74) is -1.51.